The summed E-state index contributed by atoms with van der Waals surface area (Å²) in [4.78, 5) is 0. The molecule has 0 amide bonds. The molecule has 0 aliphatic carbocycles. The molecular weight excluding hydrogens is 140 g/mol. The average Bonchev–Trinajstić information content (AvgIpc) is 0. The molecule has 0 rings (SSSR count). The minimum absolute atomic E-state index is 0. The van der Waals surface area contributed by atoms with Gasteiger partial charge in [0.2, 0.25) is 0 Å². The van der Waals surface area contributed by atoms with E-state index in [2.05, 4.69) is 0 Å². The van der Waals surface area contributed by atoms with Crippen molar-refractivity contribution in [3.05, 3.63) is 0 Å². The van der Waals surface area contributed by atoms with Crippen molar-refractivity contribution in [1.82, 2.24) is 0 Å². The Morgan fingerprint density at radius 2 is 0.500 bits per heavy atom. The molecule has 0 aromatic carbocycles. The van der Waals surface area contributed by atoms with Crippen LogP contribution in [-0.4, -0.2) is 59.6 Å². The van der Waals surface area contributed by atoms with E-state index >= 15 is 0 Å². The molecule has 0 radical (unpaired) electrons. The van der Waals surface area contributed by atoms with Gasteiger partial charge >= 0.3 is 37.7 Å². The predicted octanol–water partition coefficient (Wildman–Crippen LogP) is -3.79. The quantitative estimate of drug-likeness (QED) is 0.314. The second kappa shape index (κ2) is 96.1. The molecule has 0 bridgehead atoms. The van der Waals surface area contributed by atoms with E-state index in [4.69, 9.17) is 0 Å². The Hall–Kier alpha value is 1.39. The van der Waals surface area contributed by atoms with Crippen LogP contribution in [0.3, 0.4) is 0 Å². The predicted molar refractivity (Wildman–Crippen MR) is 30.2 cm³/mol. The van der Waals surface area contributed by atoms with Crippen molar-refractivity contribution in [3.63, 3.8) is 0 Å². The Morgan fingerprint density at radius 3 is 0.500 bits per heavy atom. The molecule has 0 aromatic rings. The van der Waals surface area contributed by atoms with E-state index in [1.165, 1.54) is 0 Å². The van der Waals surface area contributed by atoms with Crippen LogP contribution in [0.4, 0.5) is 0 Å². The molecule has 8 N–H and O–H groups in total. The fourth-order valence-electron chi connectivity index (χ4n) is 0. The molecule has 0 atom stereocenters. The fraction of sp³-hybridized carbons (Fsp3) is 0. The van der Waals surface area contributed by atoms with Crippen LogP contribution >= 0.6 is 12.4 Å². The van der Waals surface area contributed by atoms with Crippen LogP contribution in [0.2, 0.25) is 0 Å². The van der Waals surface area contributed by atoms with Crippen molar-refractivity contribution < 1.29 is 21.9 Å². The molecule has 0 saturated heterocycles. The van der Waals surface area contributed by atoms with E-state index in [0.717, 1.165) is 0 Å². The number of halogens is 1. The van der Waals surface area contributed by atoms with Gasteiger partial charge in [-0.1, -0.05) is 0 Å². The van der Waals surface area contributed by atoms with Gasteiger partial charge in [0.25, 0.3) is 0 Å². The third-order valence-corrected chi connectivity index (χ3v) is 0. The van der Waals surface area contributed by atoms with Crippen LogP contribution in [0.15, 0.2) is 0 Å². The monoisotopic (exact) mass is 150 g/mol. The molecule has 0 aliphatic heterocycles. The van der Waals surface area contributed by atoms with Crippen LogP contribution in [0.1, 0.15) is 0 Å². The first kappa shape index (κ1) is 156. The summed E-state index contributed by atoms with van der Waals surface area (Å²) in [7, 11) is 0. The van der Waals surface area contributed by atoms with Crippen molar-refractivity contribution in [2.75, 3.05) is 0 Å². The van der Waals surface area contributed by atoms with Gasteiger partial charge in [-0.05, 0) is 0 Å². The van der Waals surface area contributed by atoms with Gasteiger partial charge in [-0.15, -0.1) is 12.4 Å². The molecule has 0 fully saturated rings. The van der Waals surface area contributed by atoms with Gasteiger partial charge in [0, 0.05) is 0 Å². The van der Waals surface area contributed by atoms with Gasteiger partial charge < -0.3 is 21.9 Å². The summed E-state index contributed by atoms with van der Waals surface area (Å²) in [6.07, 6.45) is 0. The minimum atomic E-state index is 0. The second-order valence-corrected chi connectivity index (χ2v) is 0. The van der Waals surface area contributed by atoms with Crippen LogP contribution in [0.5, 0.6) is 0 Å². The zero-order chi connectivity index (χ0) is 0. The Labute approximate surface area is 71.6 Å². The molecule has 0 aliphatic rings. The SMILES string of the molecule is Cl.O.O.O.O.[CaH2]. The molecule has 0 spiro atoms. The first-order valence-electron chi connectivity index (χ1n) is 0. The molecule has 6 heavy (non-hydrogen) atoms. The van der Waals surface area contributed by atoms with Gasteiger partial charge in [-0.2, -0.15) is 0 Å². The van der Waals surface area contributed by atoms with Gasteiger partial charge in [0.15, 0.2) is 0 Å². The Morgan fingerprint density at radius 1 is 0.500 bits per heavy atom. The summed E-state index contributed by atoms with van der Waals surface area (Å²) in [6, 6.07) is 0. The van der Waals surface area contributed by atoms with Crippen LogP contribution < -0.4 is 0 Å². The maximum absolute atomic E-state index is 0. The number of hydrogen-bond acceptors (Lipinski definition) is 0. The summed E-state index contributed by atoms with van der Waals surface area (Å²) in [5, 5.41) is 0. The van der Waals surface area contributed by atoms with E-state index < -0.39 is 0 Å². The molecular formula is H11CaClO4. The van der Waals surface area contributed by atoms with Crippen molar-refractivity contribution in [3.8, 4) is 0 Å². The van der Waals surface area contributed by atoms with Crippen LogP contribution in [0.25, 0.3) is 0 Å². The van der Waals surface area contributed by atoms with Gasteiger partial charge in [0.05, 0.1) is 0 Å². The van der Waals surface area contributed by atoms with Crippen LogP contribution in [-0.2, 0) is 0 Å². The molecule has 4 nitrogen and oxygen atoms in total. The fourth-order valence-corrected chi connectivity index (χ4v) is 0. The molecule has 44 valence electrons. The summed E-state index contributed by atoms with van der Waals surface area (Å²) in [5.41, 5.74) is 0. The third-order valence-electron chi connectivity index (χ3n) is 0. The van der Waals surface area contributed by atoms with E-state index in [1.54, 1.807) is 0 Å². The molecule has 6 heteroatoms. The second-order valence-electron chi connectivity index (χ2n) is 0. The molecule has 0 heterocycles. The Bertz CT molecular complexity index is 7.51. The first-order chi connectivity index (χ1) is 0. The summed E-state index contributed by atoms with van der Waals surface area (Å²) in [6.45, 7) is 0. The molecule has 0 saturated carbocycles. The van der Waals surface area contributed by atoms with Gasteiger partial charge in [-0.25, -0.2) is 0 Å². The van der Waals surface area contributed by atoms with E-state index in [1.807, 2.05) is 0 Å². The standard InChI is InChI=1S/Ca.ClH.4H2O.2H/h;1H;4*1H2;;. The Balaban J connectivity index is 0. The van der Waals surface area contributed by atoms with Gasteiger partial charge in [-0.3, -0.25) is 0 Å². The average molecular weight is 151 g/mol. The van der Waals surface area contributed by atoms with Gasteiger partial charge in [0.1, 0.15) is 0 Å². The zero-order valence-corrected chi connectivity index (χ0v) is 3.22. The molecule has 0 unspecified atom stereocenters. The van der Waals surface area contributed by atoms with E-state index in [0.29, 0.717) is 0 Å². The third kappa shape index (κ3) is 53.8. The van der Waals surface area contributed by atoms with Crippen molar-refractivity contribution >= 4 is 50.1 Å². The van der Waals surface area contributed by atoms with E-state index in [-0.39, 0.29) is 72.1 Å². The van der Waals surface area contributed by atoms with E-state index in [9.17, 15) is 0 Å². The summed E-state index contributed by atoms with van der Waals surface area (Å²) in [5.74, 6) is 0. The maximum atomic E-state index is 0. The van der Waals surface area contributed by atoms with Crippen molar-refractivity contribution in [2.24, 2.45) is 0 Å². The zero-order valence-electron chi connectivity index (χ0n) is 2.41. The van der Waals surface area contributed by atoms with Crippen molar-refractivity contribution in [2.45, 2.75) is 0 Å². The Kier molecular flexibility index (Phi) is 2500. The molecule has 0 aromatic heterocycles. The summed E-state index contributed by atoms with van der Waals surface area (Å²) >= 11 is 0. The number of rotatable bonds is 0. The normalized spacial score (nSPS) is 0. The topological polar surface area (TPSA) is 126 Å². The van der Waals surface area contributed by atoms with Crippen LogP contribution in [0, 0.1) is 0 Å². The first-order valence-corrected chi connectivity index (χ1v) is 0. The van der Waals surface area contributed by atoms with Crippen molar-refractivity contribution in [1.29, 1.82) is 0 Å². The number of hydrogen-bond donors (Lipinski definition) is 0. The summed E-state index contributed by atoms with van der Waals surface area (Å²) < 4.78 is 0.